The molecule has 6 heteroatoms. The SMILES string of the molecule is O=S(=O)(Cc1ccccc1Cl)N1CCc2ccccc2[C@@H]1CO. The van der Waals surface area contributed by atoms with Crippen molar-refractivity contribution in [1.82, 2.24) is 4.31 Å². The molecule has 3 rings (SSSR count). The number of benzene rings is 2. The van der Waals surface area contributed by atoms with Crippen LogP contribution in [0.2, 0.25) is 5.02 Å². The Hall–Kier alpha value is -1.40. The maximum absolute atomic E-state index is 12.8. The Kier molecular flexibility index (Phi) is 4.73. The van der Waals surface area contributed by atoms with Gasteiger partial charge in [0.1, 0.15) is 0 Å². The molecule has 4 nitrogen and oxygen atoms in total. The first-order chi connectivity index (χ1) is 11.0. The van der Waals surface area contributed by atoms with Crippen LogP contribution in [0.1, 0.15) is 22.7 Å². The van der Waals surface area contributed by atoms with Gasteiger partial charge in [-0.3, -0.25) is 0 Å². The molecule has 0 aromatic heterocycles. The number of aliphatic hydroxyl groups is 1. The molecular weight excluding hydrogens is 334 g/mol. The molecule has 1 aliphatic heterocycles. The van der Waals surface area contributed by atoms with Crippen LogP contribution in [0.15, 0.2) is 48.5 Å². The molecule has 122 valence electrons. The average Bonchev–Trinajstić information content (AvgIpc) is 2.55. The van der Waals surface area contributed by atoms with Crippen LogP contribution in [0, 0.1) is 0 Å². The highest BCUT2D eigenvalue weighted by Gasteiger charge is 2.35. The van der Waals surface area contributed by atoms with Gasteiger partial charge >= 0.3 is 0 Å². The van der Waals surface area contributed by atoms with Crippen LogP contribution in [0.25, 0.3) is 0 Å². The van der Waals surface area contributed by atoms with Crippen LogP contribution in [0.3, 0.4) is 0 Å². The Morgan fingerprint density at radius 2 is 1.83 bits per heavy atom. The minimum absolute atomic E-state index is 0.161. The molecule has 0 fully saturated rings. The summed E-state index contributed by atoms with van der Waals surface area (Å²) in [4.78, 5) is 0. The molecule has 0 saturated heterocycles. The van der Waals surface area contributed by atoms with Gasteiger partial charge in [-0.15, -0.1) is 0 Å². The summed E-state index contributed by atoms with van der Waals surface area (Å²) in [6.07, 6.45) is 0.647. The molecule has 0 unspecified atom stereocenters. The molecule has 0 saturated carbocycles. The van der Waals surface area contributed by atoms with Gasteiger partial charge in [0.2, 0.25) is 10.0 Å². The summed E-state index contributed by atoms with van der Waals surface area (Å²) in [6.45, 7) is 0.133. The number of fused-ring (bicyclic) bond motifs is 1. The van der Waals surface area contributed by atoms with Gasteiger partial charge in [-0.2, -0.15) is 4.31 Å². The fourth-order valence-corrected chi connectivity index (χ4v) is 5.08. The number of sulfonamides is 1. The van der Waals surface area contributed by atoms with Gasteiger partial charge in [-0.25, -0.2) is 8.42 Å². The molecule has 1 aliphatic rings. The Morgan fingerprint density at radius 3 is 2.57 bits per heavy atom. The predicted octanol–water partition coefficient (Wildman–Crippen LogP) is 2.76. The zero-order valence-corrected chi connectivity index (χ0v) is 14.1. The maximum Gasteiger partial charge on any atom is 0.218 e. The summed E-state index contributed by atoms with van der Waals surface area (Å²) in [5.41, 5.74) is 2.55. The maximum atomic E-state index is 12.8. The highest BCUT2D eigenvalue weighted by molar-refractivity contribution is 7.88. The van der Waals surface area contributed by atoms with Gasteiger partial charge in [0.25, 0.3) is 0 Å². The first kappa shape index (κ1) is 16.5. The first-order valence-electron chi connectivity index (χ1n) is 7.44. The highest BCUT2D eigenvalue weighted by Crippen LogP contribution is 2.33. The van der Waals surface area contributed by atoms with E-state index in [1.165, 1.54) is 4.31 Å². The molecule has 0 amide bonds. The topological polar surface area (TPSA) is 57.6 Å². The van der Waals surface area contributed by atoms with E-state index in [4.69, 9.17) is 11.6 Å². The summed E-state index contributed by atoms with van der Waals surface area (Å²) in [5.74, 6) is -0.161. The van der Waals surface area contributed by atoms with Crippen LogP contribution in [-0.2, 0) is 22.2 Å². The second-order valence-corrected chi connectivity index (χ2v) is 7.93. The second-order valence-electron chi connectivity index (χ2n) is 5.61. The van der Waals surface area contributed by atoms with Crippen LogP contribution in [0.5, 0.6) is 0 Å². The molecule has 2 aromatic carbocycles. The molecule has 1 atom stereocenters. The van der Waals surface area contributed by atoms with Crippen molar-refractivity contribution < 1.29 is 13.5 Å². The first-order valence-corrected chi connectivity index (χ1v) is 9.43. The third-order valence-electron chi connectivity index (χ3n) is 4.19. The minimum atomic E-state index is -3.57. The smallest absolute Gasteiger partial charge is 0.218 e. The van der Waals surface area contributed by atoms with E-state index in [2.05, 4.69) is 0 Å². The van der Waals surface area contributed by atoms with Gasteiger partial charge in [0.15, 0.2) is 0 Å². The lowest BCUT2D eigenvalue weighted by Gasteiger charge is -2.35. The Bertz CT molecular complexity index is 807. The van der Waals surface area contributed by atoms with E-state index in [-0.39, 0.29) is 12.4 Å². The van der Waals surface area contributed by atoms with Crippen LogP contribution < -0.4 is 0 Å². The zero-order chi connectivity index (χ0) is 16.4. The fourth-order valence-electron chi connectivity index (χ4n) is 3.05. The van der Waals surface area contributed by atoms with Crippen LogP contribution in [0.4, 0.5) is 0 Å². The molecule has 1 N–H and O–H groups in total. The van der Waals surface area contributed by atoms with Crippen molar-refractivity contribution in [2.24, 2.45) is 0 Å². The van der Waals surface area contributed by atoms with Crippen LogP contribution in [-0.4, -0.2) is 31.0 Å². The molecule has 0 aliphatic carbocycles. The lowest BCUT2D eigenvalue weighted by atomic mass is 9.95. The van der Waals surface area contributed by atoms with E-state index in [1.54, 1.807) is 24.3 Å². The fraction of sp³-hybridized carbons (Fsp3) is 0.294. The third kappa shape index (κ3) is 3.28. The minimum Gasteiger partial charge on any atom is -0.394 e. The lowest BCUT2D eigenvalue weighted by Crippen LogP contribution is -2.42. The second kappa shape index (κ2) is 6.61. The number of aliphatic hydroxyl groups excluding tert-OH is 1. The van der Waals surface area contributed by atoms with E-state index in [0.29, 0.717) is 23.6 Å². The van der Waals surface area contributed by atoms with Crippen molar-refractivity contribution in [3.8, 4) is 0 Å². The van der Waals surface area contributed by atoms with Crippen molar-refractivity contribution in [2.45, 2.75) is 18.2 Å². The van der Waals surface area contributed by atoms with Gasteiger partial charge in [0.05, 0.1) is 18.4 Å². The van der Waals surface area contributed by atoms with Crippen molar-refractivity contribution >= 4 is 21.6 Å². The van der Waals surface area contributed by atoms with Crippen molar-refractivity contribution in [1.29, 1.82) is 0 Å². The summed E-state index contributed by atoms with van der Waals surface area (Å²) < 4.78 is 27.1. The Morgan fingerprint density at radius 1 is 1.13 bits per heavy atom. The van der Waals surface area contributed by atoms with Crippen molar-refractivity contribution in [3.63, 3.8) is 0 Å². The van der Waals surface area contributed by atoms with Gasteiger partial charge in [0, 0.05) is 11.6 Å². The molecular formula is C17H18ClNO3S. The molecule has 23 heavy (non-hydrogen) atoms. The summed E-state index contributed by atoms with van der Waals surface area (Å²) in [7, 11) is -3.57. The Balaban J connectivity index is 1.93. The average molecular weight is 352 g/mol. The third-order valence-corrected chi connectivity index (χ3v) is 6.39. The highest BCUT2D eigenvalue weighted by atomic mass is 35.5. The molecule has 2 aromatic rings. The van der Waals surface area contributed by atoms with Gasteiger partial charge in [-0.05, 0) is 29.2 Å². The number of rotatable bonds is 4. The number of halogens is 1. The Labute approximate surface area is 141 Å². The quantitative estimate of drug-likeness (QED) is 0.921. The normalized spacial score (nSPS) is 18.6. The molecule has 0 radical (unpaired) electrons. The largest absolute Gasteiger partial charge is 0.394 e. The molecule has 0 spiro atoms. The number of nitrogens with zero attached hydrogens (tertiary/aromatic N) is 1. The van der Waals surface area contributed by atoms with Gasteiger partial charge in [-0.1, -0.05) is 54.1 Å². The van der Waals surface area contributed by atoms with Gasteiger partial charge < -0.3 is 5.11 Å². The number of hydrogen-bond acceptors (Lipinski definition) is 3. The van der Waals surface area contributed by atoms with Crippen LogP contribution >= 0.6 is 11.6 Å². The lowest BCUT2D eigenvalue weighted by molar-refractivity contribution is 0.180. The zero-order valence-electron chi connectivity index (χ0n) is 12.5. The predicted molar refractivity (Wildman–Crippen MR) is 90.8 cm³/mol. The van der Waals surface area contributed by atoms with Crippen molar-refractivity contribution in [2.75, 3.05) is 13.2 Å². The van der Waals surface area contributed by atoms with Crippen molar-refractivity contribution in [3.05, 3.63) is 70.2 Å². The standard InChI is InChI=1S/C17H18ClNO3S/c18-16-8-4-2-6-14(16)12-23(21,22)19-10-9-13-5-1-3-7-15(13)17(19)11-20/h1-8,17,20H,9-12H2/t17-/m0/s1. The van der Waals surface area contributed by atoms with E-state index in [9.17, 15) is 13.5 Å². The summed E-state index contributed by atoms with van der Waals surface area (Å²) >= 11 is 6.09. The van der Waals surface area contributed by atoms with E-state index < -0.39 is 16.1 Å². The van der Waals surface area contributed by atoms with E-state index in [1.807, 2.05) is 24.3 Å². The summed E-state index contributed by atoms with van der Waals surface area (Å²) in [5, 5.41) is 10.2. The molecule has 0 bridgehead atoms. The molecule has 1 heterocycles. The number of hydrogen-bond donors (Lipinski definition) is 1. The summed E-state index contributed by atoms with van der Waals surface area (Å²) in [6, 6.07) is 14.1. The monoisotopic (exact) mass is 351 g/mol. The van der Waals surface area contributed by atoms with E-state index in [0.717, 1.165) is 11.1 Å². The van der Waals surface area contributed by atoms with E-state index >= 15 is 0 Å².